The fourth-order valence-corrected chi connectivity index (χ4v) is 3.45. The minimum absolute atomic E-state index is 0.123. The second-order valence-corrected chi connectivity index (χ2v) is 6.46. The lowest BCUT2D eigenvalue weighted by Crippen LogP contribution is -2.46. The van der Waals surface area contributed by atoms with Crippen LogP contribution in [0.15, 0.2) is 12.7 Å². The van der Waals surface area contributed by atoms with E-state index in [-0.39, 0.29) is 11.8 Å². The molecule has 1 aliphatic heterocycles. The van der Waals surface area contributed by atoms with Crippen molar-refractivity contribution in [3.8, 4) is 0 Å². The summed E-state index contributed by atoms with van der Waals surface area (Å²) in [6.45, 7) is 9.19. The van der Waals surface area contributed by atoms with Crippen LogP contribution in [-0.4, -0.2) is 57.0 Å². The fourth-order valence-electron chi connectivity index (χ4n) is 1.95. The average molecular weight is 246 g/mol. The van der Waals surface area contributed by atoms with E-state index in [9.17, 15) is 8.42 Å². The third kappa shape index (κ3) is 4.63. The van der Waals surface area contributed by atoms with E-state index in [1.807, 2.05) is 6.08 Å². The Bertz CT molecular complexity index is 314. The lowest BCUT2D eigenvalue weighted by atomic mass is 10.2. The molecule has 4 nitrogen and oxygen atoms in total. The van der Waals surface area contributed by atoms with Gasteiger partial charge in [-0.3, -0.25) is 4.90 Å². The predicted molar refractivity (Wildman–Crippen MR) is 67.4 cm³/mol. The van der Waals surface area contributed by atoms with Crippen LogP contribution in [0.2, 0.25) is 0 Å². The molecule has 1 heterocycles. The Morgan fingerprint density at radius 3 is 2.88 bits per heavy atom. The molecule has 16 heavy (non-hydrogen) atoms. The molecule has 1 N–H and O–H groups in total. The van der Waals surface area contributed by atoms with E-state index >= 15 is 0 Å². The Kier molecular flexibility index (Phi) is 5.44. The molecule has 1 atom stereocenters. The zero-order valence-corrected chi connectivity index (χ0v) is 10.8. The number of hydrogen-bond donors (Lipinski definition) is 1. The van der Waals surface area contributed by atoms with Crippen molar-refractivity contribution in [2.45, 2.75) is 19.4 Å². The molecule has 1 aliphatic rings. The van der Waals surface area contributed by atoms with Gasteiger partial charge in [-0.1, -0.05) is 13.0 Å². The van der Waals surface area contributed by atoms with Gasteiger partial charge in [-0.05, 0) is 19.5 Å². The molecule has 0 saturated carbocycles. The van der Waals surface area contributed by atoms with Gasteiger partial charge in [0.15, 0.2) is 9.84 Å². The van der Waals surface area contributed by atoms with Crippen LogP contribution in [0.25, 0.3) is 0 Å². The minimum Gasteiger partial charge on any atom is -0.312 e. The number of nitrogens with one attached hydrogen (secondary N) is 1. The minimum atomic E-state index is -2.80. The van der Waals surface area contributed by atoms with Crippen molar-refractivity contribution in [2.24, 2.45) is 0 Å². The summed E-state index contributed by atoms with van der Waals surface area (Å²) >= 11 is 0. The van der Waals surface area contributed by atoms with Crippen LogP contribution in [0.1, 0.15) is 13.3 Å². The van der Waals surface area contributed by atoms with Crippen LogP contribution >= 0.6 is 0 Å². The number of likely N-dealkylation sites (N-methyl/N-ethyl adjacent to an activating group) is 1. The van der Waals surface area contributed by atoms with Gasteiger partial charge in [-0.2, -0.15) is 0 Å². The van der Waals surface area contributed by atoms with Crippen LogP contribution in [0.5, 0.6) is 0 Å². The van der Waals surface area contributed by atoms with Crippen molar-refractivity contribution in [1.82, 2.24) is 10.2 Å². The number of nitrogens with zero attached hydrogens (tertiary/aromatic N) is 1. The highest BCUT2D eigenvalue weighted by atomic mass is 32.2. The molecule has 0 bridgehead atoms. The molecule has 0 aromatic heterocycles. The molecule has 0 aromatic rings. The van der Waals surface area contributed by atoms with E-state index in [4.69, 9.17) is 0 Å². The summed E-state index contributed by atoms with van der Waals surface area (Å²) < 4.78 is 22.9. The van der Waals surface area contributed by atoms with Gasteiger partial charge in [0.2, 0.25) is 0 Å². The lowest BCUT2D eigenvalue weighted by molar-refractivity contribution is 0.297. The van der Waals surface area contributed by atoms with Gasteiger partial charge in [0.05, 0.1) is 11.5 Å². The van der Waals surface area contributed by atoms with Crippen LogP contribution in [0.3, 0.4) is 0 Å². The van der Waals surface area contributed by atoms with E-state index < -0.39 is 9.84 Å². The second kappa shape index (κ2) is 6.37. The normalized spacial score (nSPS) is 24.5. The number of hydrogen-bond acceptors (Lipinski definition) is 4. The maximum Gasteiger partial charge on any atom is 0.153 e. The Hall–Kier alpha value is -0.390. The third-order valence-corrected chi connectivity index (χ3v) is 4.67. The first-order valence-corrected chi connectivity index (χ1v) is 7.66. The number of rotatable bonds is 6. The van der Waals surface area contributed by atoms with E-state index in [0.717, 1.165) is 26.1 Å². The summed E-state index contributed by atoms with van der Waals surface area (Å²) in [5.41, 5.74) is 0. The van der Waals surface area contributed by atoms with Crippen molar-refractivity contribution in [3.05, 3.63) is 12.7 Å². The zero-order chi connectivity index (χ0) is 12.0. The highest BCUT2D eigenvalue weighted by Gasteiger charge is 2.23. The zero-order valence-electron chi connectivity index (χ0n) is 9.98. The molecule has 0 amide bonds. The van der Waals surface area contributed by atoms with E-state index in [2.05, 4.69) is 23.7 Å². The van der Waals surface area contributed by atoms with Gasteiger partial charge in [0.25, 0.3) is 0 Å². The Morgan fingerprint density at radius 2 is 2.31 bits per heavy atom. The standard InChI is InChI=1S/C11H22N2O2S/c1-3-7-13(4-2)8-5-11-10-16(14,15)9-6-12-11/h3,11-12H,1,4-10H2,2H3. The highest BCUT2D eigenvalue weighted by Crippen LogP contribution is 2.06. The average Bonchev–Trinajstić information content (AvgIpc) is 2.23. The summed E-state index contributed by atoms with van der Waals surface area (Å²) in [7, 11) is -2.80. The molecule has 94 valence electrons. The maximum absolute atomic E-state index is 11.4. The Morgan fingerprint density at radius 1 is 1.56 bits per heavy atom. The molecule has 0 radical (unpaired) electrons. The maximum atomic E-state index is 11.4. The SMILES string of the molecule is C=CCN(CC)CCC1CS(=O)(=O)CCN1. The van der Waals surface area contributed by atoms with Crippen LogP contribution in [0, 0.1) is 0 Å². The van der Waals surface area contributed by atoms with E-state index in [0.29, 0.717) is 12.3 Å². The first-order valence-electron chi connectivity index (χ1n) is 5.84. The van der Waals surface area contributed by atoms with E-state index in [1.165, 1.54) is 0 Å². The first-order chi connectivity index (χ1) is 7.57. The Balaban J connectivity index is 2.34. The highest BCUT2D eigenvalue weighted by molar-refractivity contribution is 7.91. The van der Waals surface area contributed by atoms with Gasteiger partial charge in [-0.25, -0.2) is 8.42 Å². The summed E-state index contributed by atoms with van der Waals surface area (Å²) in [4.78, 5) is 2.26. The molecule has 5 heteroatoms. The monoisotopic (exact) mass is 246 g/mol. The van der Waals surface area contributed by atoms with Crippen molar-refractivity contribution in [1.29, 1.82) is 0 Å². The molecule has 0 aromatic carbocycles. The molecule has 0 aliphatic carbocycles. The summed E-state index contributed by atoms with van der Waals surface area (Å²) in [6, 6.07) is 0.123. The van der Waals surface area contributed by atoms with E-state index in [1.54, 1.807) is 0 Å². The molecular formula is C11H22N2O2S. The summed E-state index contributed by atoms with van der Waals surface area (Å²) in [5.74, 6) is 0.576. The molecule has 1 saturated heterocycles. The molecular weight excluding hydrogens is 224 g/mol. The van der Waals surface area contributed by atoms with Crippen LogP contribution < -0.4 is 5.32 Å². The summed E-state index contributed by atoms with van der Waals surface area (Å²) in [5, 5.41) is 3.26. The second-order valence-electron chi connectivity index (χ2n) is 4.24. The van der Waals surface area contributed by atoms with Gasteiger partial charge < -0.3 is 5.32 Å². The molecule has 1 rings (SSSR count). The Labute approximate surface area is 98.6 Å². The van der Waals surface area contributed by atoms with Crippen molar-refractivity contribution in [2.75, 3.05) is 37.7 Å². The fraction of sp³-hybridized carbons (Fsp3) is 0.818. The third-order valence-electron chi connectivity index (χ3n) is 2.93. The summed E-state index contributed by atoms with van der Waals surface area (Å²) in [6.07, 6.45) is 2.77. The molecule has 1 fully saturated rings. The van der Waals surface area contributed by atoms with Crippen molar-refractivity contribution < 1.29 is 8.42 Å². The van der Waals surface area contributed by atoms with Crippen molar-refractivity contribution in [3.63, 3.8) is 0 Å². The van der Waals surface area contributed by atoms with Crippen molar-refractivity contribution >= 4 is 9.84 Å². The largest absolute Gasteiger partial charge is 0.312 e. The smallest absolute Gasteiger partial charge is 0.153 e. The first kappa shape index (κ1) is 13.7. The topological polar surface area (TPSA) is 49.4 Å². The predicted octanol–water partition coefficient (Wildman–Crippen LogP) is 0.271. The van der Waals surface area contributed by atoms with Gasteiger partial charge in [0, 0.05) is 19.1 Å². The molecule has 0 spiro atoms. The van der Waals surface area contributed by atoms with Gasteiger partial charge >= 0.3 is 0 Å². The molecule has 1 unspecified atom stereocenters. The van der Waals surface area contributed by atoms with Gasteiger partial charge in [-0.15, -0.1) is 6.58 Å². The quantitative estimate of drug-likeness (QED) is 0.684. The van der Waals surface area contributed by atoms with Gasteiger partial charge in [0.1, 0.15) is 0 Å². The van der Waals surface area contributed by atoms with Crippen LogP contribution in [0.4, 0.5) is 0 Å². The number of sulfone groups is 1. The van der Waals surface area contributed by atoms with Crippen LogP contribution in [-0.2, 0) is 9.84 Å². The lowest BCUT2D eigenvalue weighted by Gasteiger charge is -2.26.